The molecule has 0 aromatic heterocycles. The van der Waals surface area contributed by atoms with E-state index in [2.05, 4.69) is 8.80 Å². The minimum atomic E-state index is -4.05. The van der Waals surface area contributed by atoms with Crippen molar-refractivity contribution in [2.45, 2.75) is 23.6 Å². The molecule has 0 radical (unpaired) electrons. The van der Waals surface area contributed by atoms with Gasteiger partial charge in [0.25, 0.3) is 20.0 Å². The monoisotopic (exact) mass is 498 g/mol. The van der Waals surface area contributed by atoms with Crippen LogP contribution in [0.2, 0.25) is 0 Å². The molecule has 6 nitrogen and oxygen atoms in total. The third-order valence-electron chi connectivity index (χ3n) is 5.02. The van der Waals surface area contributed by atoms with Gasteiger partial charge in [0.05, 0.1) is 20.5 Å². The quantitative estimate of drug-likeness (QED) is 0.516. The highest BCUT2D eigenvalue weighted by Gasteiger charge is 2.26. The smallest absolute Gasteiger partial charge is 0.199 e. The fraction of sp³-hybridized carbons (Fsp3) is 0.0833. The Morgan fingerprint density at radius 3 is 1.61 bits per heavy atom. The van der Waals surface area contributed by atoms with Crippen molar-refractivity contribution in [2.75, 3.05) is 0 Å². The first kappa shape index (κ1) is 23.1. The Morgan fingerprint density at radius 1 is 0.636 bits per heavy atom. The van der Waals surface area contributed by atoms with Crippen molar-refractivity contribution in [2.24, 2.45) is 8.80 Å². The summed E-state index contributed by atoms with van der Waals surface area (Å²) in [6.07, 6.45) is 1.32. The molecule has 0 bridgehead atoms. The van der Waals surface area contributed by atoms with E-state index in [4.69, 9.17) is 11.6 Å². The van der Waals surface area contributed by atoms with Gasteiger partial charge >= 0.3 is 0 Å². The second-order valence-electron chi connectivity index (χ2n) is 7.53. The molecular weight excluding hydrogens is 480 g/mol. The SMILES string of the molecule is Cc1ccc(S(=O)(=O)/N=C2C=C(Cl)/C(=N/S(=O)(=O)c3ccc(C)cc3)c3ccccc3\2)cc1. The molecule has 3 aromatic rings. The van der Waals surface area contributed by atoms with Gasteiger partial charge in [-0.25, -0.2) is 0 Å². The summed E-state index contributed by atoms with van der Waals surface area (Å²) in [7, 11) is -8.06. The lowest BCUT2D eigenvalue weighted by Crippen LogP contribution is -2.19. The summed E-state index contributed by atoms with van der Waals surface area (Å²) in [5, 5.41) is -0.0257. The fourth-order valence-electron chi connectivity index (χ4n) is 3.25. The van der Waals surface area contributed by atoms with Crippen LogP contribution in [0.5, 0.6) is 0 Å². The molecule has 0 N–H and O–H groups in total. The lowest BCUT2D eigenvalue weighted by atomic mass is 9.94. The Kier molecular flexibility index (Phi) is 6.09. The van der Waals surface area contributed by atoms with Crippen LogP contribution in [-0.4, -0.2) is 28.3 Å². The highest BCUT2D eigenvalue weighted by atomic mass is 35.5. The van der Waals surface area contributed by atoms with E-state index in [0.29, 0.717) is 11.1 Å². The molecule has 3 aromatic carbocycles. The maximum absolute atomic E-state index is 12.9. The van der Waals surface area contributed by atoms with Crippen molar-refractivity contribution in [3.8, 4) is 0 Å². The first-order valence-electron chi connectivity index (χ1n) is 9.87. The molecule has 168 valence electrons. The number of fused-ring (bicyclic) bond motifs is 1. The second-order valence-corrected chi connectivity index (χ2v) is 11.1. The molecule has 0 amide bonds. The van der Waals surface area contributed by atoms with Crippen molar-refractivity contribution in [1.82, 2.24) is 0 Å². The molecule has 0 saturated heterocycles. The Bertz CT molecular complexity index is 1540. The molecule has 0 atom stereocenters. The van der Waals surface area contributed by atoms with Gasteiger partial charge in [0, 0.05) is 11.1 Å². The number of halogens is 1. The minimum absolute atomic E-state index is 0.0257. The van der Waals surface area contributed by atoms with Gasteiger partial charge in [-0.2, -0.15) is 25.6 Å². The molecule has 33 heavy (non-hydrogen) atoms. The van der Waals surface area contributed by atoms with Crippen LogP contribution in [0.1, 0.15) is 22.3 Å². The maximum atomic E-state index is 12.9. The topological polar surface area (TPSA) is 93.0 Å². The van der Waals surface area contributed by atoms with E-state index in [0.717, 1.165) is 11.1 Å². The van der Waals surface area contributed by atoms with Gasteiger partial charge in [0.1, 0.15) is 5.71 Å². The Labute approximate surface area is 198 Å². The third kappa shape index (κ3) is 4.83. The molecule has 9 heteroatoms. The lowest BCUT2D eigenvalue weighted by Gasteiger charge is -2.17. The molecule has 0 heterocycles. The van der Waals surface area contributed by atoms with Gasteiger partial charge in [-0.1, -0.05) is 71.3 Å². The Morgan fingerprint density at radius 2 is 1.09 bits per heavy atom. The zero-order valence-electron chi connectivity index (χ0n) is 17.7. The minimum Gasteiger partial charge on any atom is -0.199 e. The molecular formula is C24H19ClN2O4S2. The summed E-state index contributed by atoms with van der Waals surface area (Å²) < 4.78 is 59.5. The van der Waals surface area contributed by atoms with E-state index < -0.39 is 20.0 Å². The van der Waals surface area contributed by atoms with Gasteiger partial charge < -0.3 is 0 Å². The summed E-state index contributed by atoms with van der Waals surface area (Å²) in [6.45, 7) is 3.71. The van der Waals surface area contributed by atoms with E-state index >= 15 is 0 Å². The number of aryl methyl sites for hydroxylation is 2. The van der Waals surface area contributed by atoms with E-state index in [1.54, 1.807) is 48.5 Å². The second kappa shape index (κ2) is 8.70. The highest BCUT2D eigenvalue weighted by Crippen LogP contribution is 2.28. The van der Waals surface area contributed by atoms with Crippen LogP contribution in [0.25, 0.3) is 0 Å². The van der Waals surface area contributed by atoms with Crippen LogP contribution < -0.4 is 0 Å². The van der Waals surface area contributed by atoms with Crippen molar-refractivity contribution < 1.29 is 16.8 Å². The van der Waals surface area contributed by atoms with Crippen molar-refractivity contribution in [3.63, 3.8) is 0 Å². The van der Waals surface area contributed by atoms with E-state index in [1.807, 2.05) is 13.8 Å². The predicted octanol–water partition coefficient (Wildman–Crippen LogP) is 4.80. The normalized spacial score (nSPS) is 16.5. The van der Waals surface area contributed by atoms with E-state index in [-0.39, 0.29) is 26.2 Å². The third-order valence-corrected chi connectivity index (χ3v) is 7.90. The number of allylic oxidation sites excluding steroid dienone is 2. The maximum Gasteiger partial charge on any atom is 0.282 e. The largest absolute Gasteiger partial charge is 0.282 e. The number of benzene rings is 3. The van der Waals surface area contributed by atoms with Crippen LogP contribution in [-0.2, 0) is 20.0 Å². The summed E-state index contributed by atoms with van der Waals surface area (Å²) in [6, 6.07) is 19.3. The standard InChI is InChI=1S/C24H19ClN2O4S2/c1-16-7-11-18(12-8-16)32(28,29)26-23-15-22(25)24(21-6-4-3-5-20(21)23)27-33(30,31)19-13-9-17(2)10-14-19/h3-15H,1-2H3/b26-23+,27-24+. The first-order valence-corrected chi connectivity index (χ1v) is 13.1. The van der Waals surface area contributed by atoms with Gasteiger partial charge in [-0.05, 0) is 44.2 Å². The van der Waals surface area contributed by atoms with Gasteiger partial charge in [-0.3, -0.25) is 0 Å². The summed E-state index contributed by atoms with van der Waals surface area (Å²) >= 11 is 6.41. The molecule has 0 spiro atoms. The number of rotatable bonds is 4. The molecule has 0 unspecified atom stereocenters. The molecule has 0 saturated carbocycles. The number of nitrogens with zero attached hydrogens (tertiary/aromatic N) is 2. The first-order chi connectivity index (χ1) is 15.6. The van der Waals surface area contributed by atoms with Crippen LogP contribution in [0.4, 0.5) is 0 Å². The van der Waals surface area contributed by atoms with Crippen molar-refractivity contribution >= 4 is 43.1 Å². The van der Waals surface area contributed by atoms with Gasteiger partial charge in [-0.15, -0.1) is 0 Å². The zero-order valence-corrected chi connectivity index (χ0v) is 20.1. The average molecular weight is 499 g/mol. The van der Waals surface area contributed by atoms with Crippen LogP contribution in [0.15, 0.2) is 102 Å². The van der Waals surface area contributed by atoms with Crippen molar-refractivity contribution in [3.05, 3.63) is 106 Å². The van der Waals surface area contributed by atoms with Crippen LogP contribution in [0, 0.1) is 13.8 Å². The van der Waals surface area contributed by atoms with E-state index in [9.17, 15) is 16.8 Å². The lowest BCUT2D eigenvalue weighted by molar-refractivity contribution is 0.596. The summed E-state index contributed by atoms with van der Waals surface area (Å²) in [5.74, 6) is 0. The summed E-state index contributed by atoms with van der Waals surface area (Å²) in [5.41, 5.74) is 2.75. The van der Waals surface area contributed by atoms with Gasteiger partial charge in [0.15, 0.2) is 0 Å². The number of sulfonamides is 2. The Balaban J connectivity index is 1.84. The zero-order chi connectivity index (χ0) is 23.8. The summed E-state index contributed by atoms with van der Waals surface area (Å²) in [4.78, 5) is 0.0768. The van der Waals surface area contributed by atoms with E-state index in [1.165, 1.54) is 30.3 Å². The predicted molar refractivity (Wildman–Crippen MR) is 130 cm³/mol. The van der Waals surface area contributed by atoms with Crippen LogP contribution >= 0.6 is 11.6 Å². The molecule has 4 rings (SSSR count). The molecule has 1 aliphatic rings. The average Bonchev–Trinajstić information content (AvgIpc) is 2.77. The molecule has 0 fully saturated rings. The number of hydrogen-bond acceptors (Lipinski definition) is 4. The highest BCUT2D eigenvalue weighted by molar-refractivity contribution is 7.90. The molecule has 1 aliphatic carbocycles. The fourth-order valence-corrected chi connectivity index (χ4v) is 5.57. The van der Waals surface area contributed by atoms with Crippen molar-refractivity contribution in [1.29, 1.82) is 0 Å². The van der Waals surface area contributed by atoms with Crippen LogP contribution in [0.3, 0.4) is 0 Å². The number of hydrogen-bond donors (Lipinski definition) is 0. The van der Waals surface area contributed by atoms with Gasteiger partial charge in [0.2, 0.25) is 0 Å². The Hall–Kier alpha value is -3.07. The molecule has 0 aliphatic heterocycles.